The standard InChI is InChI=1S/CHN2S/c2-1-4-3/h3H/q-1. The second kappa shape index (κ2) is 2.80. The highest BCUT2D eigenvalue weighted by Gasteiger charge is 1.34. The molecule has 0 aliphatic rings. The maximum atomic E-state index is 7.40. The molecule has 0 aromatic rings. The summed E-state index contributed by atoms with van der Waals surface area (Å²) < 4.78 is 0. The fraction of sp³-hybridized carbons (Fsp3) is 0. The SMILES string of the molecule is N#CS[NH-]. The lowest BCUT2D eigenvalue weighted by Crippen LogP contribution is -1.17. The number of rotatable bonds is 0. The van der Waals surface area contributed by atoms with Crippen LogP contribution in [0.3, 0.4) is 0 Å². The predicted octanol–water partition coefficient (Wildman–Crippen LogP) is 1.17. The predicted molar refractivity (Wildman–Crippen MR) is 17.5 cm³/mol. The van der Waals surface area contributed by atoms with Crippen LogP contribution in [0.5, 0.6) is 0 Å². The first-order valence-corrected chi connectivity index (χ1v) is 1.45. The van der Waals surface area contributed by atoms with Crippen LogP contribution in [-0.4, -0.2) is 0 Å². The average Bonchev–Trinajstić information content (AvgIpc) is 1.37. The molecule has 0 atom stereocenters. The van der Waals surface area contributed by atoms with Gasteiger partial charge in [0.25, 0.3) is 0 Å². The van der Waals surface area contributed by atoms with Crippen molar-refractivity contribution >= 4 is 11.9 Å². The molecule has 0 aliphatic heterocycles. The summed E-state index contributed by atoms with van der Waals surface area (Å²) in [5, 5.41) is 14.9. The van der Waals surface area contributed by atoms with Gasteiger partial charge in [0, 0.05) is 0 Å². The number of hydrogen-bond acceptors (Lipinski definition) is 2. The van der Waals surface area contributed by atoms with E-state index in [0.717, 1.165) is 0 Å². The summed E-state index contributed by atoms with van der Waals surface area (Å²) in [4.78, 5) is 0. The molecule has 1 N–H and O–H groups in total. The number of nitrogens with one attached hydrogen (secondary N) is 1. The molecule has 3 heteroatoms. The topological polar surface area (TPSA) is 47.6 Å². The van der Waals surface area contributed by atoms with Crippen molar-refractivity contribution in [1.82, 2.24) is 0 Å². The zero-order valence-electron chi connectivity index (χ0n) is 1.86. The first kappa shape index (κ1) is 3.80. The molecular formula is CHN2S-. The molecule has 0 spiro atoms. The van der Waals surface area contributed by atoms with Crippen LogP contribution >= 0.6 is 11.9 Å². The highest BCUT2D eigenvalue weighted by molar-refractivity contribution is 8.05. The van der Waals surface area contributed by atoms with E-state index in [-0.39, 0.29) is 0 Å². The lowest BCUT2D eigenvalue weighted by molar-refractivity contribution is 1.57. The van der Waals surface area contributed by atoms with Gasteiger partial charge in [0.2, 0.25) is 0 Å². The van der Waals surface area contributed by atoms with Crippen LogP contribution in [0.1, 0.15) is 0 Å². The van der Waals surface area contributed by atoms with Crippen molar-refractivity contribution in [3.05, 3.63) is 5.14 Å². The Balaban J connectivity index is 2.43. The third-order valence-electron chi connectivity index (χ3n) is 0.0456. The van der Waals surface area contributed by atoms with E-state index in [0.29, 0.717) is 11.9 Å². The number of hydrogen-bond donors (Lipinski definition) is 0. The Kier molecular flexibility index (Phi) is 2.66. The summed E-state index contributed by atoms with van der Waals surface area (Å²) in [6, 6.07) is 0. The molecule has 0 aromatic carbocycles. The van der Waals surface area contributed by atoms with Gasteiger partial charge in [-0.25, -0.2) is 0 Å². The molecular weight excluding hydrogens is 72.1 g/mol. The van der Waals surface area contributed by atoms with Gasteiger partial charge in [-0.3, -0.25) is 0 Å². The Morgan fingerprint density at radius 3 is 2.25 bits per heavy atom. The van der Waals surface area contributed by atoms with Crippen molar-refractivity contribution in [2.45, 2.75) is 0 Å². The van der Waals surface area contributed by atoms with Crippen molar-refractivity contribution in [3.8, 4) is 5.40 Å². The maximum absolute atomic E-state index is 7.40. The Morgan fingerprint density at radius 2 is 2.25 bits per heavy atom. The summed E-state index contributed by atoms with van der Waals surface area (Å²) >= 11 is 0.412. The molecule has 4 heavy (non-hydrogen) atoms. The minimum atomic E-state index is 0.412. The van der Waals surface area contributed by atoms with Gasteiger partial charge in [0.05, 0.1) is 0 Å². The zero-order valence-corrected chi connectivity index (χ0v) is 2.67. The molecule has 0 rings (SSSR count). The zero-order chi connectivity index (χ0) is 3.41. The maximum Gasteiger partial charge on any atom is 0.111 e. The van der Waals surface area contributed by atoms with Crippen molar-refractivity contribution in [1.29, 1.82) is 5.26 Å². The van der Waals surface area contributed by atoms with E-state index in [9.17, 15) is 0 Å². The third kappa shape index (κ3) is 1.80. The molecule has 22 valence electrons. The number of thiocyanates is 1. The van der Waals surface area contributed by atoms with E-state index >= 15 is 0 Å². The van der Waals surface area contributed by atoms with E-state index in [1.807, 2.05) is 0 Å². The quantitative estimate of drug-likeness (QED) is 0.319. The fourth-order valence-electron chi connectivity index (χ4n) is 0. The van der Waals surface area contributed by atoms with Gasteiger partial charge in [0.1, 0.15) is 5.40 Å². The molecule has 0 aliphatic carbocycles. The lowest BCUT2D eigenvalue weighted by Gasteiger charge is -1.71. The van der Waals surface area contributed by atoms with Gasteiger partial charge in [0.15, 0.2) is 0 Å². The van der Waals surface area contributed by atoms with E-state index < -0.39 is 0 Å². The monoisotopic (exact) mass is 73.0 g/mol. The van der Waals surface area contributed by atoms with Crippen LogP contribution in [0.15, 0.2) is 0 Å². The first-order chi connectivity index (χ1) is 1.91. The fourth-order valence-corrected chi connectivity index (χ4v) is 0. The summed E-state index contributed by atoms with van der Waals surface area (Å²) in [7, 11) is 0. The molecule has 0 heterocycles. The summed E-state index contributed by atoms with van der Waals surface area (Å²) in [5.74, 6) is 0. The number of nitriles is 1. The Hall–Kier alpha value is -0.200. The lowest BCUT2D eigenvalue weighted by atomic mass is 11.8. The first-order valence-electron chi connectivity index (χ1n) is 0.632. The van der Waals surface area contributed by atoms with Crippen LogP contribution in [0.2, 0.25) is 0 Å². The van der Waals surface area contributed by atoms with E-state index in [1.54, 1.807) is 0 Å². The van der Waals surface area contributed by atoms with Gasteiger partial charge in [-0.05, 0) is 0 Å². The summed E-state index contributed by atoms with van der Waals surface area (Å²) in [5.41, 5.74) is 0. The largest absolute Gasteiger partial charge is 0.608 e. The summed E-state index contributed by atoms with van der Waals surface area (Å²) in [6.45, 7) is 0. The van der Waals surface area contributed by atoms with Crippen LogP contribution in [0, 0.1) is 10.7 Å². The molecule has 2 nitrogen and oxygen atoms in total. The highest BCUT2D eigenvalue weighted by Crippen LogP contribution is 1.87. The molecule has 0 fully saturated rings. The third-order valence-corrected chi connectivity index (χ3v) is 0.137. The van der Waals surface area contributed by atoms with Crippen LogP contribution in [0.4, 0.5) is 0 Å². The van der Waals surface area contributed by atoms with Gasteiger partial charge < -0.3 is 5.14 Å². The van der Waals surface area contributed by atoms with Crippen LogP contribution in [0.25, 0.3) is 5.14 Å². The van der Waals surface area contributed by atoms with Crippen LogP contribution < -0.4 is 0 Å². The number of nitrogens with zero attached hydrogens (tertiary/aromatic N) is 1. The highest BCUT2D eigenvalue weighted by atomic mass is 32.2. The van der Waals surface area contributed by atoms with E-state index in [1.165, 1.54) is 5.40 Å². The van der Waals surface area contributed by atoms with Gasteiger partial charge >= 0.3 is 0 Å². The minimum absolute atomic E-state index is 0.412. The molecule has 0 saturated heterocycles. The Labute approximate surface area is 28.7 Å². The summed E-state index contributed by atoms with van der Waals surface area (Å²) in [6.07, 6.45) is 0. The Morgan fingerprint density at radius 1 is 2.00 bits per heavy atom. The van der Waals surface area contributed by atoms with E-state index in [2.05, 4.69) is 0 Å². The molecule has 0 aromatic heterocycles. The Bertz CT molecular complexity index is 35.8. The molecule has 0 bridgehead atoms. The second-order valence-corrected chi connectivity index (χ2v) is 0.580. The molecule has 0 amide bonds. The second-order valence-electron chi connectivity index (χ2n) is 0.193. The minimum Gasteiger partial charge on any atom is -0.608 e. The molecule has 0 saturated carbocycles. The van der Waals surface area contributed by atoms with Crippen molar-refractivity contribution in [3.63, 3.8) is 0 Å². The van der Waals surface area contributed by atoms with Crippen molar-refractivity contribution in [2.24, 2.45) is 0 Å². The normalized spacial score (nSPS) is 5.00. The van der Waals surface area contributed by atoms with Gasteiger partial charge in [-0.1, -0.05) is 0 Å². The van der Waals surface area contributed by atoms with Crippen LogP contribution in [-0.2, 0) is 0 Å². The molecule has 0 unspecified atom stereocenters. The van der Waals surface area contributed by atoms with Gasteiger partial charge in [-0.2, -0.15) is 17.2 Å². The van der Waals surface area contributed by atoms with Crippen molar-refractivity contribution < 1.29 is 0 Å². The van der Waals surface area contributed by atoms with E-state index in [4.69, 9.17) is 10.4 Å². The van der Waals surface area contributed by atoms with Crippen molar-refractivity contribution in [2.75, 3.05) is 0 Å². The average molecular weight is 73.1 g/mol. The molecule has 0 radical (unpaired) electrons. The van der Waals surface area contributed by atoms with Gasteiger partial charge in [-0.15, -0.1) is 0 Å². The smallest absolute Gasteiger partial charge is 0.111 e.